The lowest BCUT2D eigenvalue weighted by Crippen LogP contribution is -2.31. The number of carbonyl (C=O) groups excluding carboxylic acids is 2. The maximum atomic E-state index is 11.4. The van der Waals surface area contributed by atoms with E-state index in [0.29, 0.717) is 0 Å². The highest BCUT2D eigenvalue weighted by atomic mass is 16.4. The van der Waals surface area contributed by atoms with Gasteiger partial charge in [0.2, 0.25) is 5.91 Å². The van der Waals surface area contributed by atoms with Crippen molar-refractivity contribution in [1.29, 1.82) is 0 Å². The van der Waals surface area contributed by atoms with Gasteiger partial charge in [0, 0.05) is 19.5 Å². The SMILES string of the molecule is O=C(O)CCNC(=O)CCNC(=O)c1ccco1. The number of carboxylic acids is 1. The van der Waals surface area contributed by atoms with Crippen LogP contribution in [0.1, 0.15) is 23.4 Å². The molecule has 0 radical (unpaired) electrons. The lowest BCUT2D eigenvalue weighted by molar-refractivity contribution is -0.136. The van der Waals surface area contributed by atoms with Crippen LogP contribution in [-0.2, 0) is 9.59 Å². The van der Waals surface area contributed by atoms with Crippen LogP contribution in [-0.4, -0.2) is 36.0 Å². The molecular formula is C11H14N2O5. The third kappa shape index (κ3) is 5.15. The van der Waals surface area contributed by atoms with Crippen LogP contribution in [0.25, 0.3) is 0 Å². The molecule has 1 aromatic heterocycles. The number of furan rings is 1. The van der Waals surface area contributed by atoms with Crippen molar-refractivity contribution < 1.29 is 23.9 Å². The molecule has 1 heterocycles. The molecule has 0 aliphatic heterocycles. The van der Waals surface area contributed by atoms with Gasteiger partial charge in [-0.1, -0.05) is 0 Å². The van der Waals surface area contributed by atoms with Crippen molar-refractivity contribution >= 4 is 17.8 Å². The second kappa shape index (κ2) is 7.10. The van der Waals surface area contributed by atoms with Crippen LogP contribution in [0, 0.1) is 0 Å². The van der Waals surface area contributed by atoms with E-state index >= 15 is 0 Å². The largest absolute Gasteiger partial charge is 0.481 e. The first-order valence-electron chi connectivity index (χ1n) is 5.40. The van der Waals surface area contributed by atoms with E-state index in [-0.39, 0.29) is 37.6 Å². The Morgan fingerprint density at radius 1 is 1.17 bits per heavy atom. The van der Waals surface area contributed by atoms with Gasteiger partial charge < -0.3 is 20.2 Å². The quantitative estimate of drug-likeness (QED) is 0.634. The Bertz CT molecular complexity index is 413. The number of carboxylic acid groups (broad SMARTS) is 1. The van der Waals surface area contributed by atoms with Gasteiger partial charge in [0.05, 0.1) is 12.7 Å². The van der Waals surface area contributed by atoms with Gasteiger partial charge in [0.15, 0.2) is 5.76 Å². The van der Waals surface area contributed by atoms with Gasteiger partial charge in [0.1, 0.15) is 0 Å². The highest BCUT2D eigenvalue weighted by Crippen LogP contribution is 1.98. The van der Waals surface area contributed by atoms with Crippen LogP contribution >= 0.6 is 0 Å². The van der Waals surface area contributed by atoms with Gasteiger partial charge in [0.25, 0.3) is 5.91 Å². The molecule has 7 heteroatoms. The van der Waals surface area contributed by atoms with Crippen molar-refractivity contribution in [3.8, 4) is 0 Å². The molecule has 0 aromatic carbocycles. The molecule has 1 aromatic rings. The molecular weight excluding hydrogens is 240 g/mol. The highest BCUT2D eigenvalue weighted by Gasteiger charge is 2.08. The summed E-state index contributed by atoms with van der Waals surface area (Å²) in [5.74, 6) is -1.49. The minimum atomic E-state index is -0.971. The van der Waals surface area contributed by atoms with E-state index in [1.54, 1.807) is 6.07 Å². The zero-order chi connectivity index (χ0) is 13.4. The molecule has 1 rings (SSSR count). The van der Waals surface area contributed by atoms with Crippen molar-refractivity contribution in [2.75, 3.05) is 13.1 Å². The minimum absolute atomic E-state index is 0.0836. The Morgan fingerprint density at radius 2 is 1.89 bits per heavy atom. The third-order valence-electron chi connectivity index (χ3n) is 2.04. The molecule has 2 amide bonds. The van der Waals surface area contributed by atoms with Crippen LogP contribution in [0.5, 0.6) is 0 Å². The van der Waals surface area contributed by atoms with Crippen molar-refractivity contribution in [2.45, 2.75) is 12.8 Å². The number of rotatable bonds is 7. The molecule has 0 aliphatic carbocycles. The maximum Gasteiger partial charge on any atom is 0.305 e. The van der Waals surface area contributed by atoms with Crippen LogP contribution in [0.4, 0.5) is 0 Å². The van der Waals surface area contributed by atoms with Crippen LogP contribution in [0.2, 0.25) is 0 Å². The van der Waals surface area contributed by atoms with Crippen LogP contribution in [0.3, 0.4) is 0 Å². The molecule has 0 saturated heterocycles. The van der Waals surface area contributed by atoms with Crippen molar-refractivity contribution in [2.24, 2.45) is 0 Å². The fraction of sp³-hybridized carbons (Fsp3) is 0.364. The predicted molar refractivity (Wildman–Crippen MR) is 60.9 cm³/mol. The number of hydrogen-bond acceptors (Lipinski definition) is 4. The molecule has 0 saturated carbocycles. The molecule has 0 spiro atoms. The number of nitrogens with one attached hydrogen (secondary N) is 2. The van der Waals surface area contributed by atoms with Crippen molar-refractivity contribution in [3.05, 3.63) is 24.2 Å². The van der Waals surface area contributed by atoms with E-state index in [0.717, 1.165) is 0 Å². The van der Waals surface area contributed by atoms with E-state index in [4.69, 9.17) is 9.52 Å². The Labute approximate surface area is 103 Å². The average Bonchev–Trinajstić information content (AvgIpc) is 2.81. The van der Waals surface area contributed by atoms with Crippen LogP contribution < -0.4 is 10.6 Å². The molecule has 18 heavy (non-hydrogen) atoms. The molecule has 0 bridgehead atoms. The summed E-state index contributed by atoms with van der Waals surface area (Å²) in [5.41, 5.74) is 0. The van der Waals surface area contributed by atoms with Crippen molar-refractivity contribution in [3.63, 3.8) is 0 Å². The molecule has 98 valence electrons. The summed E-state index contributed by atoms with van der Waals surface area (Å²) in [7, 11) is 0. The summed E-state index contributed by atoms with van der Waals surface area (Å²) in [4.78, 5) is 32.8. The molecule has 0 aliphatic rings. The van der Waals surface area contributed by atoms with Gasteiger partial charge in [-0.3, -0.25) is 14.4 Å². The molecule has 0 fully saturated rings. The lowest BCUT2D eigenvalue weighted by Gasteiger charge is -2.04. The van der Waals surface area contributed by atoms with E-state index in [2.05, 4.69) is 10.6 Å². The molecule has 0 atom stereocenters. The second-order valence-electron chi connectivity index (χ2n) is 3.48. The van der Waals surface area contributed by atoms with E-state index < -0.39 is 11.9 Å². The minimum Gasteiger partial charge on any atom is -0.481 e. The standard InChI is InChI=1S/C11H14N2O5/c14-9(12-6-4-10(15)16)3-5-13-11(17)8-2-1-7-18-8/h1-2,7H,3-6H2,(H,12,14)(H,13,17)(H,15,16). The van der Waals surface area contributed by atoms with Gasteiger partial charge in [-0.2, -0.15) is 0 Å². The second-order valence-corrected chi connectivity index (χ2v) is 3.48. The molecule has 3 N–H and O–H groups in total. The van der Waals surface area contributed by atoms with Crippen LogP contribution in [0.15, 0.2) is 22.8 Å². The number of hydrogen-bond donors (Lipinski definition) is 3. The third-order valence-corrected chi connectivity index (χ3v) is 2.04. The zero-order valence-electron chi connectivity index (χ0n) is 9.64. The lowest BCUT2D eigenvalue weighted by atomic mass is 10.3. The first kappa shape index (κ1) is 13.8. The fourth-order valence-electron chi connectivity index (χ4n) is 1.18. The maximum absolute atomic E-state index is 11.4. The van der Waals surface area contributed by atoms with Gasteiger partial charge in [-0.25, -0.2) is 0 Å². The Balaban J connectivity index is 2.12. The Morgan fingerprint density at radius 3 is 2.50 bits per heavy atom. The topological polar surface area (TPSA) is 109 Å². The smallest absolute Gasteiger partial charge is 0.305 e. The fourth-order valence-corrected chi connectivity index (χ4v) is 1.18. The Hall–Kier alpha value is -2.31. The van der Waals surface area contributed by atoms with Crippen molar-refractivity contribution in [1.82, 2.24) is 10.6 Å². The molecule has 7 nitrogen and oxygen atoms in total. The Kier molecular flexibility index (Phi) is 5.43. The summed E-state index contributed by atoms with van der Waals surface area (Å²) in [5, 5.41) is 13.3. The predicted octanol–water partition coefficient (Wildman–Crippen LogP) is -0.00960. The van der Waals surface area contributed by atoms with Gasteiger partial charge >= 0.3 is 5.97 Å². The summed E-state index contributed by atoms with van der Waals surface area (Å²) >= 11 is 0. The van der Waals surface area contributed by atoms with E-state index in [1.807, 2.05) is 0 Å². The number of carbonyl (C=O) groups is 3. The molecule has 0 unspecified atom stereocenters. The highest BCUT2D eigenvalue weighted by molar-refractivity contribution is 5.91. The number of aliphatic carboxylic acids is 1. The summed E-state index contributed by atoms with van der Waals surface area (Å²) in [6, 6.07) is 3.11. The summed E-state index contributed by atoms with van der Waals surface area (Å²) < 4.78 is 4.87. The van der Waals surface area contributed by atoms with Gasteiger partial charge in [-0.15, -0.1) is 0 Å². The zero-order valence-corrected chi connectivity index (χ0v) is 9.64. The van der Waals surface area contributed by atoms with E-state index in [9.17, 15) is 14.4 Å². The number of amides is 2. The average molecular weight is 254 g/mol. The summed E-state index contributed by atoms with van der Waals surface area (Å²) in [6.07, 6.45) is 1.35. The van der Waals surface area contributed by atoms with E-state index in [1.165, 1.54) is 12.3 Å². The first-order valence-corrected chi connectivity index (χ1v) is 5.40. The van der Waals surface area contributed by atoms with Gasteiger partial charge in [-0.05, 0) is 12.1 Å². The normalized spacial score (nSPS) is 9.78. The first-order chi connectivity index (χ1) is 8.59. The summed E-state index contributed by atoms with van der Waals surface area (Å²) in [6.45, 7) is 0.249. The monoisotopic (exact) mass is 254 g/mol.